The zero-order chi connectivity index (χ0) is 14.9. The predicted octanol–water partition coefficient (Wildman–Crippen LogP) is 3.12. The van der Waals surface area contributed by atoms with E-state index in [2.05, 4.69) is 15.9 Å². The van der Waals surface area contributed by atoms with Crippen molar-refractivity contribution in [1.82, 2.24) is 4.31 Å². The summed E-state index contributed by atoms with van der Waals surface area (Å²) < 4.78 is 41.0. The van der Waals surface area contributed by atoms with Gasteiger partial charge in [-0.2, -0.15) is 4.31 Å². The predicted molar refractivity (Wildman–Crippen MR) is 80.3 cm³/mol. The maximum absolute atomic E-state index is 14.2. The van der Waals surface area contributed by atoms with E-state index in [1.165, 1.54) is 16.4 Å². The molecule has 0 bridgehead atoms. The second-order valence-corrected chi connectivity index (χ2v) is 7.70. The van der Waals surface area contributed by atoms with Crippen molar-refractivity contribution in [3.63, 3.8) is 0 Å². The Labute approximate surface area is 127 Å². The highest BCUT2D eigenvalue weighted by atomic mass is 79.9. The molecule has 1 aliphatic rings. The van der Waals surface area contributed by atoms with Crippen molar-refractivity contribution in [2.24, 2.45) is 0 Å². The highest BCUT2D eigenvalue weighted by Crippen LogP contribution is 2.32. The van der Waals surface area contributed by atoms with E-state index in [9.17, 15) is 12.8 Å². The molecule has 20 heavy (non-hydrogen) atoms. The van der Waals surface area contributed by atoms with Crippen LogP contribution in [-0.4, -0.2) is 25.3 Å². The maximum atomic E-state index is 14.2. The Hall–Kier alpha value is -0.660. The molecular formula is C13H18BrFN2O2S. The van der Waals surface area contributed by atoms with Gasteiger partial charge >= 0.3 is 0 Å². The number of anilines is 1. The van der Waals surface area contributed by atoms with E-state index >= 15 is 0 Å². The molecule has 1 heterocycles. The van der Waals surface area contributed by atoms with Crippen LogP contribution in [0.1, 0.15) is 32.6 Å². The van der Waals surface area contributed by atoms with Crippen LogP contribution >= 0.6 is 15.9 Å². The molecule has 0 spiro atoms. The Morgan fingerprint density at radius 3 is 2.80 bits per heavy atom. The normalized spacial score (nSPS) is 21.1. The van der Waals surface area contributed by atoms with Crippen molar-refractivity contribution in [3.8, 4) is 0 Å². The van der Waals surface area contributed by atoms with Crippen LogP contribution in [0, 0.1) is 5.82 Å². The van der Waals surface area contributed by atoms with Gasteiger partial charge < -0.3 is 5.73 Å². The highest BCUT2D eigenvalue weighted by Gasteiger charge is 2.34. The molecule has 1 aliphatic heterocycles. The lowest BCUT2D eigenvalue weighted by atomic mass is 10.0. The summed E-state index contributed by atoms with van der Waals surface area (Å²) in [7, 11) is -3.85. The number of piperidine rings is 1. The number of hydrogen-bond acceptors (Lipinski definition) is 3. The lowest BCUT2D eigenvalue weighted by molar-refractivity contribution is 0.246. The number of nitrogens with two attached hydrogens (primary N) is 1. The molecule has 0 aliphatic carbocycles. The van der Waals surface area contributed by atoms with Crippen molar-refractivity contribution >= 4 is 31.6 Å². The maximum Gasteiger partial charge on any atom is 0.246 e. The van der Waals surface area contributed by atoms with Crippen molar-refractivity contribution in [1.29, 1.82) is 0 Å². The standard InChI is InChI=1S/C13H18BrFN2O2S/c1-2-10-5-3-4-6-17(10)20(18,19)12-8-9(16)7-11(14)13(12)15/h7-8,10H,2-6,16H2,1H3. The van der Waals surface area contributed by atoms with Crippen molar-refractivity contribution in [2.45, 2.75) is 43.5 Å². The van der Waals surface area contributed by atoms with Gasteiger partial charge in [-0.25, -0.2) is 12.8 Å². The van der Waals surface area contributed by atoms with E-state index in [0.29, 0.717) is 6.54 Å². The lowest BCUT2D eigenvalue weighted by Gasteiger charge is -2.34. The number of sulfonamides is 1. The molecule has 112 valence electrons. The number of nitrogens with zero attached hydrogens (tertiary/aromatic N) is 1. The number of rotatable bonds is 3. The topological polar surface area (TPSA) is 63.4 Å². The van der Waals surface area contributed by atoms with E-state index in [4.69, 9.17) is 5.73 Å². The third-order valence-corrected chi connectivity index (χ3v) is 6.18. The Balaban J connectivity index is 2.49. The molecule has 1 aromatic carbocycles. The van der Waals surface area contributed by atoms with Gasteiger partial charge in [-0.3, -0.25) is 0 Å². The van der Waals surface area contributed by atoms with Gasteiger partial charge in [0.05, 0.1) is 4.47 Å². The Bertz CT molecular complexity index is 607. The molecule has 2 rings (SSSR count). The molecular weight excluding hydrogens is 347 g/mol. The summed E-state index contributed by atoms with van der Waals surface area (Å²) >= 11 is 3.01. The zero-order valence-corrected chi connectivity index (χ0v) is 13.7. The molecule has 1 fully saturated rings. The lowest BCUT2D eigenvalue weighted by Crippen LogP contribution is -2.43. The molecule has 1 unspecified atom stereocenters. The fourth-order valence-corrected chi connectivity index (χ4v) is 5.10. The molecule has 2 N–H and O–H groups in total. The van der Waals surface area contributed by atoms with Crippen LogP contribution in [-0.2, 0) is 10.0 Å². The van der Waals surface area contributed by atoms with Gasteiger partial charge in [-0.05, 0) is 47.3 Å². The van der Waals surface area contributed by atoms with Gasteiger partial charge in [0.15, 0.2) is 5.82 Å². The largest absolute Gasteiger partial charge is 0.399 e. The fraction of sp³-hybridized carbons (Fsp3) is 0.538. The van der Waals surface area contributed by atoms with E-state index in [-0.39, 0.29) is 21.1 Å². The van der Waals surface area contributed by atoms with Crippen LogP contribution in [0.4, 0.5) is 10.1 Å². The van der Waals surface area contributed by atoms with Gasteiger partial charge in [0.25, 0.3) is 0 Å². The van der Waals surface area contributed by atoms with Gasteiger partial charge in [-0.15, -0.1) is 0 Å². The first kappa shape index (κ1) is 15.7. The third kappa shape index (κ3) is 2.84. The minimum Gasteiger partial charge on any atom is -0.399 e. The SMILES string of the molecule is CCC1CCCCN1S(=O)(=O)c1cc(N)cc(Br)c1F. The first-order valence-corrected chi connectivity index (χ1v) is 8.87. The first-order chi connectivity index (χ1) is 9.37. The average Bonchev–Trinajstić information content (AvgIpc) is 2.42. The van der Waals surface area contributed by atoms with E-state index in [1.807, 2.05) is 6.92 Å². The molecule has 1 atom stereocenters. The van der Waals surface area contributed by atoms with Gasteiger partial charge in [0.2, 0.25) is 10.0 Å². The van der Waals surface area contributed by atoms with Crippen LogP contribution < -0.4 is 5.73 Å². The summed E-state index contributed by atoms with van der Waals surface area (Å²) in [4.78, 5) is -0.343. The van der Waals surface area contributed by atoms with E-state index in [1.54, 1.807) is 0 Å². The van der Waals surface area contributed by atoms with Crippen LogP contribution in [0.15, 0.2) is 21.5 Å². The Morgan fingerprint density at radius 1 is 1.45 bits per heavy atom. The zero-order valence-electron chi connectivity index (χ0n) is 11.3. The number of nitrogen functional groups attached to an aromatic ring is 1. The second-order valence-electron chi connectivity index (χ2n) is 4.99. The average molecular weight is 365 g/mol. The minimum atomic E-state index is -3.85. The molecule has 0 saturated carbocycles. The van der Waals surface area contributed by atoms with E-state index < -0.39 is 15.8 Å². The molecule has 0 aromatic heterocycles. The van der Waals surface area contributed by atoms with Gasteiger partial charge in [-0.1, -0.05) is 13.3 Å². The molecule has 1 aromatic rings. The fourth-order valence-electron chi connectivity index (χ4n) is 2.60. The first-order valence-electron chi connectivity index (χ1n) is 6.64. The minimum absolute atomic E-state index is 0.0617. The smallest absolute Gasteiger partial charge is 0.246 e. The van der Waals surface area contributed by atoms with Crippen molar-refractivity contribution < 1.29 is 12.8 Å². The van der Waals surface area contributed by atoms with Gasteiger partial charge in [0.1, 0.15) is 4.90 Å². The molecule has 0 radical (unpaired) electrons. The summed E-state index contributed by atoms with van der Waals surface area (Å²) in [5.74, 6) is -0.778. The Morgan fingerprint density at radius 2 is 2.15 bits per heavy atom. The monoisotopic (exact) mass is 364 g/mol. The molecule has 4 nitrogen and oxygen atoms in total. The van der Waals surface area contributed by atoms with Crippen molar-refractivity contribution in [2.75, 3.05) is 12.3 Å². The van der Waals surface area contributed by atoms with Gasteiger partial charge in [0, 0.05) is 18.3 Å². The van der Waals surface area contributed by atoms with Crippen LogP contribution in [0.2, 0.25) is 0 Å². The molecule has 1 saturated heterocycles. The number of hydrogen-bond donors (Lipinski definition) is 1. The summed E-state index contributed by atoms with van der Waals surface area (Å²) in [6, 6.07) is 2.49. The summed E-state index contributed by atoms with van der Waals surface area (Å²) in [6.07, 6.45) is 3.36. The molecule has 0 amide bonds. The van der Waals surface area contributed by atoms with E-state index in [0.717, 1.165) is 25.7 Å². The van der Waals surface area contributed by atoms with Crippen LogP contribution in [0.5, 0.6) is 0 Å². The Kier molecular flexibility index (Phi) is 4.71. The summed E-state index contributed by atoms with van der Waals surface area (Å²) in [6.45, 7) is 2.39. The summed E-state index contributed by atoms with van der Waals surface area (Å²) in [5.41, 5.74) is 5.87. The number of benzene rings is 1. The number of halogens is 2. The van der Waals surface area contributed by atoms with Crippen molar-refractivity contribution in [3.05, 3.63) is 22.4 Å². The van der Waals surface area contributed by atoms with Crippen LogP contribution in [0.3, 0.4) is 0 Å². The second kappa shape index (κ2) is 5.99. The summed E-state index contributed by atoms with van der Waals surface area (Å²) in [5, 5.41) is 0. The molecule has 7 heteroatoms. The quantitative estimate of drug-likeness (QED) is 0.838. The highest BCUT2D eigenvalue weighted by molar-refractivity contribution is 9.10. The third-order valence-electron chi connectivity index (χ3n) is 3.65. The van der Waals surface area contributed by atoms with Crippen LogP contribution in [0.25, 0.3) is 0 Å².